The van der Waals surface area contributed by atoms with Gasteiger partial charge < -0.3 is 14.6 Å². The number of ether oxygens (including phenoxy) is 1. The van der Waals surface area contributed by atoms with E-state index >= 15 is 0 Å². The Kier molecular flexibility index (Phi) is 5.66. The largest absolute Gasteiger partial charge is 0.444 e. The monoisotopic (exact) mass is 348 g/mol. The van der Waals surface area contributed by atoms with Crippen molar-refractivity contribution in [3.8, 4) is 0 Å². The molecule has 1 aromatic carbocycles. The number of imidazole rings is 1. The third-order valence-electron chi connectivity index (χ3n) is 3.35. The van der Waals surface area contributed by atoms with Crippen LogP contribution >= 0.6 is 0 Å². The van der Waals surface area contributed by atoms with Gasteiger partial charge in [0.1, 0.15) is 17.2 Å². The fourth-order valence-corrected chi connectivity index (χ4v) is 2.29. The van der Waals surface area contributed by atoms with E-state index in [2.05, 4.69) is 29.5 Å². The highest BCUT2D eigenvalue weighted by Crippen LogP contribution is 2.21. The lowest BCUT2D eigenvalue weighted by atomic mass is 10.2. The summed E-state index contributed by atoms with van der Waals surface area (Å²) in [5.74, 6) is 0.400. The van der Waals surface area contributed by atoms with Crippen molar-refractivity contribution in [2.75, 3.05) is 10.6 Å². The number of nitrogens with one attached hydrogen (secondary N) is 2. The van der Waals surface area contributed by atoms with Crippen LogP contribution in [0.3, 0.4) is 0 Å². The molecule has 0 aliphatic rings. The van der Waals surface area contributed by atoms with Crippen molar-refractivity contribution in [3.63, 3.8) is 0 Å². The number of amides is 1. The molecule has 1 heterocycles. The minimum atomic E-state index is -0.598. The van der Waals surface area contributed by atoms with Crippen LogP contribution in [0.1, 0.15) is 46.5 Å². The van der Waals surface area contributed by atoms with Crippen LogP contribution in [-0.4, -0.2) is 21.2 Å². The molecule has 1 amide bonds. The van der Waals surface area contributed by atoms with E-state index in [1.165, 1.54) is 18.2 Å². The molecule has 2 aromatic rings. The van der Waals surface area contributed by atoms with E-state index < -0.39 is 17.5 Å². The Labute approximate surface area is 147 Å². The zero-order valence-corrected chi connectivity index (χ0v) is 15.3. The van der Waals surface area contributed by atoms with Crippen molar-refractivity contribution in [3.05, 3.63) is 42.2 Å². The predicted octanol–water partition coefficient (Wildman–Crippen LogP) is 4.56. The first-order valence-corrected chi connectivity index (χ1v) is 8.21. The van der Waals surface area contributed by atoms with Crippen LogP contribution in [0.15, 0.2) is 30.6 Å². The molecule has 136 valence electrons. The number of carbonyl (C=O) groups is 1. The molecule has 0 atom stereocenters. The Morgan fingerprint density at radius 2 is 2.08 bits per heavy atom. The number of hydrogen-bond acceptors (Lipinski definition) is 4. The summed E-state index contributed by atoms with van der Waals surface area (Å²) < 4.78 is 21.2. The highest BCUT2D eigenvalue weighted by Gasteiger charge is 2.16. The smallest absolute Gasteiger partial charge is 0.412 e. The van der Waals surface area contributed by atoms with Gasteiger partial charge in [-0.2, -0.15) is 0 Å². The van der Waals surface area contributed by atoms with E-state index in [1.54, 1.807) is 27.0 Å². The molecule has 0 radical (unpaired) electrons. The van der Waals surface area contributed by atoms with Crippen molar-refractivity contribution in [1.29, 1.82) is 0 Å². The molecule has 2 N–H and O–H groups in total. The van der Waals surface area contributed by atoms with Crippen LogP contribution in [0.4, 0.5) is 20.6 Å². The molecule has 0 bridgehead atoms. The predicted molar refractivity (Wildman–Crippen MR) is 96.2 cm³/mol. The summed E-state index contributed by atoms with van der Waals surface area (Å²) in [6.07, 6.45) is 3.02. The first kappa shape index (κ1) is 18.8. The van der Waals surface area contributed by atoms with Gasteiger partial charge in [-0.05, 0) is 52.8 Å². The van der Waals surface area contributed by atoms with Crippen molar-refractivity contribution < 1.29 is 13.9 Å². The maximum atomic E-state index is 14.0. The van der Waals surface area contributed by atoms with E-state index in [4.69, 9.17) is 4.74 Å². The maximum Gasteiger partial charge on any atom is 0.412 e. The van der Waals surface area contributed by atoms with Gasteiger partial charge in [0.2, 0.25) is 0 Å². The second-order valence-corrected chi connectivity index (χ2v) is 7.02. The molecule has 0 unspecified atom stereocenters. The number of nitrogens with zero attached hydrogens (tertiary/aromatic N) is 2. The SMILES string of the molecule is CC(C)n1ccnc1CNc1cc(NC(=O)OC(C)(C)C)ccc1F. The molecule has 0 spiro atoms. The Morgan fingerprint density at radius 3 is 2.72 bits per heavy atom. The van der Waals surface area contributed by atoms with Gasteiger partial charge in [-0.3, -0.25) is 5.32 Å². The van der Waals surface area contributed by atoms with Crippen molar-refractivity contribution in [1.82, 2.24) is 9.55 Å². The van der Waals surface area contributed by atoms with E-state index in [1.807, 2.05) is 10.8 Å². The number of hydrogen-bond donors (Lipinski definition) is 2. The summed E-state index contributed by atoms with van der Waals surface area (Å²) >= 11 is 0. The summed E-state index contributed by atoms with van der Waals surface area (Å²) in [5.41, 5.74) is 0.135. The van der Waals surface area contributed by atoms with Crippen LogP contribution in [0.2, 0.25) is 0 Å². The number of anilines is 2. The summed E-state index contributed by atoms with van der Waals surface area (Å²) in [7, 11) is 0. The van der Waals surface area contributed by atoms with E-state index in [0.717, 1.165) is 5.82 Å². The van der Waals surface area contributed by atoms with Crippen LogP contribution < -0.4 is 10.6 Å². The average molecular weight is 348 g/mol. The fraction of sp³-hybridized carbons (Fsp3) is 0.444. The lowest BCUT2D eigenvalue weighted by Gasteiger charge is -2.20. The standard InChI is InChI=1S/C18H25FN4O2/c1-12(2)23-9-8-20-16(23)11-21-15-10-13(6-7-14(15)19)22-17(24)25-18(3,4)5/h6-10,12,21H,11H2,1-5H3,(H,22,24). The van der Waals surface area contributed by atoms with Crippen LogP contribution in [0.25, 0.3) is 0 Å². The van der Waals surface area contributed by atoms with Crippen LogP contribution in [0, 0.1) is 5.82 Å². The van der Waals surface area contributed by atoms with Gasteiger partial charge in [0, 0.05) is 24.1 Å². The molecule has 7 heteroatoms. The molecule has 6 nitrogen and oxygen atoms in total. The molecule has 0 saturated carbocycles. The second-order valence-electron chi connectivity index (χ2n) is 7.02. The summed E-state index contributed by atoms with van der Waals surface area (Å²) in [6.45, 7) is 9.81. The molecule has 2 rings (SSSR count). The summed E-state index contributed by atoms with van der Waals surface area (Å²) in [6, 6.07) is 4.58. The molecule has 0 aliphatic carbocycles. The highest BCUT2D eigenvalue weighted by molar-refractivity contribution is 5.85. The summed E-state index contributed by atoms with van der Waals surface area (Å²) in [5, 5.41) is 5.62. The first-order chi connectivity index (χ1) is 11.7. The lowest BCUT2D eigenvalue weighted by Crippen LogP contribution is -2.27. The number of carbonyl (C=O) groups excluding carboxylic acids is 1. The average Bonchev–Trinajstić information content (AvgIpc) is 2.94. The minimum Gasteiger partial charge on any atom is -0.444 e. The van der Waals surface area contributed by atoms with Crippen molar-refractivity contribution >= 4 is 17.5 Å². The molecule has 25 heavy (non-hydrogen) atoms. The second kappa shape index (κ2) is 7.55. The maximum absolute atomic E-state index is 14.0. The Bertz CT molecular complexity index is 735. The van der Waals surface area contributed by atoms with Gasteiger partial charge >= 0.3 is 6.09 Å². The summed E-state index contributed by atoms with van der Waals surface area (Å²) in [4.78, 5) is 16.1. The third kappa shape index (κ3) is 5.48. The van der Waals surface area contributed by atoms with Gasteiger partial charge in [0.15, 0.2) is 0 Å². The molecular weight excluding hydrogens is 323 g/mol. The van der Waals surface area contributed by atoms with Gasteiger partial charge in [0.05, 0.1) is 12.2 Å². The van der Waals surface area contributed by atoms with E-state index in [-0.39, 0.29) is 11.7 Å². The van der Waals surface area contributed by atoms with Crippen molar-refractivity contribution in [2.45, 2.75) is 52.8 Å². The van der Waals surface area contributed by atoms with Crippen LogP contribution in [0.5, 0.6) is 0 Å². The number of halogens is 1. The van der Waals surface area contributed by atoms with Gasteiger partial charge in [-0.15, -0.1) is 0 Å². The topological polar surface area (TPSA) is 68.2 Å². The van der Waals surface area contributed by atoms with E-state index in [9.17, 15) is 9.18 Å². The Balaban J connectivity index is 2.06. The number of aromatic nitrogens is 2. The molecule has 0 fully saturated rings. The number of rotatable bonds is 5. The fourth-order valence-electron chi connectivity index (χ4n) is 2.29. The zero-order valence-electron chi connectivity index (χ0n) is 15.3. The molecule has 0 saturated heterocycles. The van der Waals surface area contributed by atoms with Gasteiger partial charge in [-0.1, -0.05) is 0 Å². The van der Waals surface area contributed by atoms with Crippen LogP contribution in [-0.2, 0) is 11.3 Å². The normalized spacial score (nSPS) is 11.5. The third-order valence-corrected chi connectivity index (χ3v) is 3.35. The molecule has 0 aliphatic heterocycles. The van der Waals surface area contributed by atoms with Gasteiger partial charge in [-0.25, -0.2) is 14.2 Å². The van der Waals surface area contributed by atoms with E-state index in [0.29, 0.717) is 12.2 Å². The molecule has 1 aromatic heterocycles. The zero-order chi connectivity index (χ0) is 18.6. The number of benzene rings is 1. The lowest BCUT2D eigenvalue weighted by molar-refractivity contribution is 0.0636. The quantitative estimate of drug-likeness (QED) is 0.831. The van der Waals surface area contributed by atoms with Gasteiger partial charge in [0.25, 0.3) is 0 Å². The first-order valence-electron chi connectivity index (χ1n) is 8.21. The Morgan fingerprint density at radius 1 is 1.36 bits per heavy atom. The minimum absolute atomic E-state index is 0.268. The Hall–Kier alpha value is -2.57. The molecular formula is C18H25FN4O2. The van der Waals surface area contributed by atoms with Crippen molar-refractivity contribution in [2.24, 2.45) is 0 Å². The highest BCUT2D eigenvalue weighted by atomic mass is 19.1.